The number of hydrogen-bond donors (Lipinski definition) is 1. The standard InChI is InChI=1S/C10H17NO2S2/c1-3-15(12,13)11-8-9(2)7-10-5-4-6-14-10/h4-6,9,11H,3,7-8H2,1-2H3/t9-/m1/s1. The van der Waals surface area contributed by atoms with Gasteiger partial charge in [0.2, 0.25) is 10.0 Å². The number of nitrogens with one attached hydrogen (secondary N) is 1. The van der Waals surface area contributed by atoms with E-state index in [1.54, 1.807) is 18.3 Å². The van der Waals surface area contributed by atoms with Crippen LogP contribution < -0.4 is 4.72 Å². The van der Waals surface area contributed by atoms with Crippen molar-refractivity contribution in [3.8, 4) is 0 Å². The second-order valence-electron chi connectivity index (χ2n) is 3.64. The van der Waals surface area contributed by atoms with E-state index < -0.39 is 10.0 Å². The van der Waals surface area contributed by atoms with Gasteiger partial charge in [0, 0.05) is 11.4 Å². The highest BCUT2D eigenvalue weighted by Gasteiger charge is 2.10. The van der Waals surface area contributed by atoms with Crippen molar-refractivity contribution in [2.75, 3.05) is 12.3 Å². The molecule has 1 atom stereocenters. The summed E-state index contributed by atoms with van der Waals surface area (Å²) in [5.74, 6) is 0.489. The van der Waals surface area contributed by atoms with Crippen LogP contribution in [0, 0.1) is 5.92 Å². The van der Waals surface area contributed by atoms with Gasteiger partial charge in [-0.25, -0.2) is 13.1 Å². The van der Waals surface area contributed by atoms with E-state index >= 15 is 0 Å². The molecular weight excluding hydrogens is 230 g/mol. The predicted octanol–water partition coefficient (Wildman–Crippen LogP) is 1.87. The zero-order chi connectivity index (χ0) is 11.3. The van der Waals surface area contributed by atoms with Crippen molar-refractivity contribution in [3.63, 3.8) is 0 Å². The van der Waals surface area contributed by atoms with Gasteiger partial charge < -0.3 is 0 Å². The summed E-state index contributed by atoms with van der Waals surface area (Å²) >= 11 is 1.71. The highest BCUT2D eigenvalue weighted by Crippen LogP contribution is 2.13. The molecule has 0 bridgehead atoms. The molecule has 0 saturated carbocycles. The molecule has 0 aliphatic heterocycles. The Hall–Kier alpha value is -0.390. The number of rotatable bonds is 6. The summed E-state index contributed by atoms with van der Waals surface area (Å²) in [5, 5.41) is 2.04. The zero-order valence-corrected chi connectivity index (χ0v) is 10.7. The Morgan fingerprint density at radius 1 is 1.53 bits per heavy atom. The second-order valence-corrected chi connectivity index (χ2v) is 6.77. The molecule has 0 amide bonds. The molecule has 1 aromatic heterocycles. The van der Waals surface area contributed by atoms with E-state index in [2.05, 4.69) is 17.7 Å². The Bertz CT molecular complexity index is 370. The minimum Gasteiger partial charge on any atom is -0.215 e. The Kier molecular flexibility index (Phi) is 4.76. The minimum atomic E-state index is -3.04. The topological polar surface area (TPSA) is 46.2 Å². The molecule has 0 unspecified atom stereocenters. The van der Waals surface area contributed by atoms with Gasteiger partial charge in [-0.3, -0.25) is 0 Å². The fourth-order valence-corrected chi connectivity index (χ4v) is 2.83. The molecule has 1 aromatic rings. The highest BCUT2D eigenvalue weighted by molar-refractivity contribution is 7.89. The molecule has 1 N–H and O–H groups in total. The van der Waals surface area contributed by atoms with Crippen LogP contribution in [0.2, 0.25) is 0 Å². The molecule has 0 aliphatic carbocycles. The molecule has 5 heteroatoms. The van der Waals surface area contributed by atoms with Crippen molar-refractivity contribution in [1.82, 2.24) is 4.72 Å². The molecule has 0 fully saturated rings. The fraction of sp³-hybridized carbons (Fsp3) is 0.600. The van der Waals surface area contributed by atoms with Crippen LogP contribution in [0.4, 0.5) is 0 Å². The van der Waals surface area contributed by atoms with Crippen LogP contribution in [0.15, 0.2) is 17.5 Å². The molecular formula is C10H17NO2S2. The monoisotopic (exact) mass is 247 g/mol. The van der Waals surface area contributed by atoms with Crippen molar-refractivity contribution in [3.05, 3.63) is 22.4 Å². The second kappa shape index (κ2) is 5.63. The van der Waals surface area contributed by atoms with Crippen molar-refractivity contribution < 1.29 is 8.42 Å². The quantitative estimate of drug-likeness (QED) is 0.834. The molecule has 0 radical (unpaired) electrons. The third-order valence-corrected chi connectivity index (χ3v) is 4.43. The van der Waals surface area contributed by atoms with Crippen molar-refractivity contribution in [1.29, 1.82) is 0 Å². The lowest BCUT2D eigenvalue weighted by atomic mass is 10.1. The number of thiophene rings is 1. The lowest BCUT2D eigenvalue weighted by Gasteiger charge is -2.11. The van der Waals surface area contributed by atoms with Crippen LogP contribution in [-0.2, 0) is 16.4 Å². The Morgan fingerprint density at radius 2 is 2.27 bits per heavy atom. The first kappa shape index (κ1) is 12.7. The fourth-order valence-electron chi connectivity index (χ4n) is 1.22. The van der Waals surface area contributed by atoms with E-state index in [0.29, 0.717) is 12.5 Å². The van der Waals surface area contributed by atoms with E-state index in [1.165, 1.54) is 4.88 Å². The summed E-state index contributed by atoms with van der Waals surface area (Å²) in [6.07, 6.45) is 0.934. The van der Waals surface area contributed by atoms with Crippen molar-refractivity contribution >= 4 is 21.4 Å². The molecule has 0 saturated heterocycles. The largest absolute Gasteiger partial charge is 0.215 e. The Balaban J connectivity index is 2.34. The molecule has 1 rings (SSSR count). The summed E-state index contributed by atoms with van der Waals surface area (Å²) in [6, 6.07) is 4.10. The lowest BCUT2D eigenvalue weighted by molar-refractivity contribution is 0.540. The first-order chi connectivity index (χ1) is 7.03. The zero-order valence-electron chi connectivity index (χ0n) is 9.06. The molecule has 0 aliphatic rings. The number of hydrogen-bond acceptors (Lipinski definition) is 3. The van der Waals surface area contributed by atoms with E-state index in [0.717, 1.165) is 6.42 Å². The lowest BCUT2D eigenvalue weighted by Crippen LogP contribution is -2.30. The average molecular weight is 247 g/mol. The van der Waals surface area contributed by atoms with Gasteiger partial charge in [-0.05, 0) is 30.7 Å². The third kappa shape index (κ3) is 4.77. The van der Waals surface area contributed by atoms with Gasteiger partial charge in [-0.2, -0.15) is 0 Å². The van der Waals surface area contributed by atoms with Gasteiger partial charge in [0.1, 0.15) is 0 Å². The van der Waals surface area contributed by atoms with Crippen LogP contribution >= 0.6 is 11.3 Å². The summed E-state index contributed by atoms with van der Waals surface area (Å²) < 4.78 is 25.0. The van der Waals surface area contributed by atoms with Gasteiger partial charge in [-0.1, -0.05) is 13.0 Å². The molecule has 1 heterocycles. The van der Waals surface area contributed by atoms with Gasteiger partial charge in [0.15, 0.2) is 0 Å². The summed E-state index contributed by atoms with van der Waals surface area (Å²) in [4.78, 5) is 1.30. The van der Waals surface area contributed by atoms with Crippen LogP contribution in [0.5, 0.6) is 0 Å². The average Bonchev–Trinajstić information content (AvgIpc) is 2.68. The van der Waals surface area contributed by atoms with Crippen molar-refractivity contribution in [2.45, 2.75) is 20.3 Å². The first-order valence-corrected chi connectivity index (χ1v) is 7.56. The maximum Gasteiger partial charge on any atom is 0.211 e. The van der Waals surface area contributed by atoms with Crippen LogP contribution in [0.1, 0.15) is 18.7 Å². The van der Waals surface area contributed by atoms with E-state index in [9.17, 15) is 8.42 Å². The molecule has 0 aromatic carbocycles. The van der Waals surface area contributed by atoms with Crippen molar-refractivity contribution in [2.24, 2.45) is 5.92 Å². The van der Waals surface area contributed by atoms with Crippen LogP contribution in [0.25, 0.3) is 0 Å². The molecule has 86 valence electrons. The maximum atomic E-state index is 11.2. The Labute approximate surface area is 95.6 Å². The van der Waals surface area contributed by atoms with E-state index in [-0.39, 0.29) is 5.75 Å². The summed E-state index contributed by atoms with van der Waals surface area (Å²) in [6.45, 7) is 4.22. The van der Waals surface area contributed by atoms with Gasteiger partial charge in [-0.15, -0.1) is 11.3 Å². The van der Waals surface area contributed by atoms with E-state index in [4.69, 9.17) is 0 Å². The van der Waals surface area contributed by atoms with E-state index in [1.807, 2.05) is 11.4 Å². The summed E-state index contributed by atoms with van der Waals surface area (Å²) in [7, 11) is -3.04. The minimum absolute atomic E-state index is 0.152. The maximum absolute atomic E-state index is 11.2. The summed E-state index contributed by atoms with van der Waals surface area (Å²) in [5.41, 5.74) is 0. The first-order valence-electron chi connectivity index (χ1n) is 5.03. The van der Waals surface area contributed by atoms with Gasteiger partial charge in [0.05, 0.1) is 5.75 Å². The highest BCUT2D eigenvalue weighted by atomic mass is 32.2. The van der Waals surface area contributed by atoms with Crippen LogP contribution in [-0.4, -0.2) is 20.7 Å². The number of sulfonamides is 1. The molecule has 15 heavy (non-hydrogen) atoms. The van der Waals surface area contributed by atoms with Gasteiger partial charge in [0.25, 0.3) is 0 Å². The van der Waals surface area contributed by atoms with Crippen LogP contribution in [0.3, 0.4) is 0 Å². The van der Waals surface area contributed by atoms with Gasteiger partial charge >= 0.3 is 0 Å². The Morgan fingerprint density at radius 3 is 2.80 bits per heavy atom. The third-order valence-electron chi connectivity index (χ3n) is 2.16. The molecule has 3 nitrogen and oxygen atoms in total. The molecule has 0 spiro atoms. The smallest absolute Gasteiger partial charge is 0.211 e. The predicted molar refractivity (Wildman–Crippen MR) is 64.7 cm³/mol. The SMILES string of the molecule is CCS(=O)(=O)NC[C@H](C)Cc1cccs1. The normalized spacial score (nSPS) is 14.0.